The minimum atomic E-state index is -3.48. The number of aromatic nitrogens is 2. The van der Waals surface area contributed by atoms with Gasteiger partial charge in [-0.2, -0.15) is 9.40 Å². The van der Waals surface area contributed by atoms with Crippen LogP contribution in [0.25, 0.3) is 0 Å². The Hall–Kier alpha value is -0.920. The van der Waals surface area contributed by atoms with Crippen LogP contribution in [0.5, 0.6) is 0 Å². The van der Waals surface area contributed by atoms with Crippen LogP contribution in [0.1, 0.15) is 12.1 Å². The Morgan fingerprint density at radius 3 is 2.87 bits per heavy atom. The summed E-state index contributed by atoms with van der Waals surface area (Å²) in [6.45, 7) is 2.20. The molecule has 15 heavy (non-hydrogen) atoms. The molecular formula is C8H13N3O3S. The first-order valence-corrected chi connectivity index (χ1v) is 6.14. The standard InChI is InChI=1S/C8H13N3O3S/c1-6-8(4-9-10-6)15(13,14)11-3-2-7(12)5-11/h4,7,12H,2-3,5H2,1H3,(H,9,10). The summed E-state index contributed by atoms with van der Waals surface area (Å²) in [4.78, 5) is 0.191. The van der Waals surface area contributed by atoms with E-state index in [2.05, 4.69) is 10.2 Å². The first-order chi connectivity index (χ1) is 7.01. The summed E-state index contributed by atoms with van der Waals surface area (Å²) >= 11 is 0. The highest BCUT2D eigenvalue weighted by atomic mass is 32.2. The molecule has 2 heterocycles. The second-order valence-electron chi connectivity index (χ2n) is 3.66. The molecule has 0 saturated carbocycles. The lowest BCUT2D eigenvalue weighted by molar-refractivity contribution is 0.189. The Labute approximate surface area is 88.0 Å². The average Bonchev–Trinajstić information content (AvgIpc) is 2.74. The number of rotatable bonds is 2. The monoisotopic (exact) mass is 231 g/mol. The molecule has 84 valence electrons. The summed E-state index contributed by atoms with van der Waals surface area (Å²) in [6, 6.07) is 0. The number of hydrogen-bond acceptors (Lipinski definition) is 4. The lowest BCUT2D eigenvalue weighted by atomic mass is 10.3. The van der Waals surface area contributed by atoms with Crippen LogP contribution in [0, 0.1) is 6.92 Å². The van der Waals surface area contributed by atoms with Gasteiger partial charge in [0.15, 0.2) is 0 Å². The maximum absolute atomic E-state index is 12.0. The highest BCUT2D eigenvalue weighted by Crippen LogP contribution is 2.21. The lowest BCUT2D eigenvalue weighted by Gasteiger charge is -2.14. The molecule has 1 aromatic heterocycles. The Balaban J connectivity index is 2.32. The molecule has 6 nitrogen and oxygen atoms in total. The number of sulfonamides is 1. The Morgan fingerprint density at radius 1 is 1.67 bits per heavy atom. The van der Waals surface area contributed by atoms with Gasteiger partial charge in [0.25, 0.3) is 0 Å². The van der Waals surface area contributed by atoms with Crippen LogP contribution in [0.3, 0.4) is 0 Å². The van der Waals surface area contributed by atoms with E-state index in [0.717, 1.165) is 0 Å². The summed E-state index contributed by atoms with van der Waals surface area (Å²) in [6.07, 6.45) is 1.25. The second-order valence-corrected chi connectivity index (χ2v) is 5.57. The van der Waals surface area contributed by atoms with Crippen LogP contribution in [-0.4, -0.2) is 47.2 Å². The van der Waals surface area contributed by atoms with E-state index < -0.39 is 16.1 Å². The van der Waals surface area contributed by atoms with Crippen LogP contribution in [0.2, 0.25) is 0 Å². The number of nitrogens with zero attached hydrogens (tertiary/aromatic N) is 2. The molecule has 0 bridgehead atoms. The highest BCUT2D eigenvalue weighted by Gasteiger charge is 2.33. The molecule has 0 aliphatic carbocycles. The first-order valence-electron chi connectivity index (χ1n) is 4.70. The van der Waals surface area contributed by atoms with Crippen LogP contribution >= 0.6 is 0 Å². The molecule has 1 aromatic rings. The molecule has 1 saturated heterocycles. The molecule has 0 aromatic carbocycles. The van der Waals surface area contributed by atoms with Gasteiger partial charge in [-0.1, -0.05) is 0 Å². The van der Waals surface area contributed by atoms with Gasteiger partial charge in [-0.25, -0.2) is 8.42 Å². The largest absolute Gasteiger partial charge is 0.392 e. The van der Waals surface area contributed by atoms with E-state index >= 15 is 0 Å². The third kappa shape index (κ3) is 1.77. The Morgan fingerprint density at radius 2 is 2.40 bits per heavy atom. The minimum Gasteiger partial charge on any atom is -0.392 e. The van der Waals surface area contributed by atoms with E-state index in [1.54, 1.807) is 6.92 Å². The molecule has 2 N–H and O–H groups in total. The van der Waals surface area contributed by atoms with Crippen molar-refractivity contribution in [1.29, 1.82) is 0 Å². The van der Waals surface area contributed by atoms with Crippen molar-refractivity contribution in [1.82, 2.24) is 14.5 Å². The van der Waals surface area contributed by atoms with Gasteiger partial charge in [0.1, 0.15) is 4.90 Å². The van der Waals surface area contributed by atoms with Gasteiger partial charge in [-0.15, -0.1) is 0 Å². The van der Waals surface area contributed by atoms with Crippen molar-refractivity contribution >= 4 is 10.0 Å². The van der Waals surface area contributed by atoms with Gasteiger partial charge >= 0.3 is 0 Å². The van der Waals surface area contributed by atoms with E-state index in [0.29, 0.717) is 18.7 Å². The molecular weight excluding hydrogens is 218 g/mol. The third-order valence-electron chi connectivity index (χ3n) is 2.53. The average molecular weight is 231 g/mol. The van der Waals surface area contributed by atoms with E-state index in [9.17, 15) is 13.5 Å². The molecule has 1 aliphatic rings. The molecule has 0 amide bonds. The quantitative estimate of drug-likeness (QED) is 0.716. The molecule has 0 spiro atoms. The second kappa shape index (κ2) is 3.58. The summed E-state index contributed by atoms with van der Waals surface area (Å²) in [5, 5.41) is 15.6. The molecule has 0 radical (unpaired) electrons. The van der Waals surface area contributed by atoms with Crippen molar-refractivity contribution < 1.29 is 13.5 Å². The van der Waals surface area contributed by atoms with Crippen molar-refractivity contribution in [3.63, 3.8) is 0 Å². The maximum atomic E-state index is 12.0. The van der Waals surface area contributed by atoms with E-state index in [1.807, 2.05) is 0 Å². The van der Waals surface area contributed by atoms with E-state index in [1.165, 1.54) is 10.5 Å². The predicted molar refractivity (Wildman–Crippen MR) is 52.7 cm³/mol. The van der Waals surface area contributed by atoms with Crippen molar-refractivity contribution in [3.05, 3.63) is 11.9 Å². The Kier molecular flexibility index (Phi) is 2.53. The summed E-state index contributed by atoms with van der Waals surface area (Å²) < 4.78 is 25.3. The van der Waals surface area contributed by atoms with Gasteiger partial charge in [-0.05, 0) is 13.3 Å². The number of β-amino-alcohol motifs (C(OH)–C–C–N with tert-alkyl or cyclic N) is 1. The van der Waals surface area contributed by atoms with Crippen LogP contribution in [-0.2, 0) is 10.0 Å². The number of hydrogen-bond donors (Lipinski definition) is 2. The minimum absolute atomic E-state index is 0.174. The normalized spacial score (nSPS) is 23.5. The van der Waals surface area contributed by atoms with E-state index in [4.69, 9.17) is 0 Å². The van der Waals surface area contributed by atoms with Crippen molar-refractivity contribution in [2.24, 2.45) is 0 Å². The molecule has 1 aliphatic heterocycles. The number of aromatic amines is 1. The SMILES string of the molecule is Cc1[nH]ncc1S(=O)(=O)N1CCC(O)C1. The molecule has 1 fully saturated rings. The fourth-order valence-corrected chi connectivity index (χ4v) is 3.28. The number of nitrogens with one attached hydrogen (secondary N) is 1. The first kappa shape index (κ1) is 10.6. The predicted octanol–water partition coefficient (Wildman–Crippen LogP) is -0.527. The smallest absolute Gasteiger partial charge is 0.246 e. The fourth-order valence-electron chi connectivity index (χ4n) is 1.67. The maximum Gasteiger partial charge on any atom is 0.246 e. The summed E-state index contributed by atoms with van der Waals surface area (Å²) in [5.74, 6) is 0. The zero-order valence-electron chi connectivity index (χ0n) is 8.34. The zero-order valence-corrected chi connectivity index (χ0v) is 9.16. The third-order valence-corrected chi connectivity index (χ3v) is 4.51. The number of H-pyrrole nitrogens is 1. The van der Waals surface area contributed by atoms with Crippen molar-refractivity contribution in [2.45, 2.75) is 24.3 Å². The van der Waals surface area contributed by atoms with Gasteiger partial charge in [0.2, 0.25) is 10.0 Å². The molecule has 7 heteroatoms. The van der Waals surface area contributed by atoms with Gasteiger partial charge in [0.05, 0.1) is 18.0 Å². The Bertz CT molecular complexity index is 453. The molecule has 2 rings (SSSR count). The summed E-state index contributed by atoms with van der Waals surface area (Å²) in [5.41, 5.74) is 0.524. The number of aliphatic hydroxyl groups is 1. The topological polar surface area (TPSA) is 86.3 Å². The number of aryl methyl sites for hydroxylation is 1. The van der Waals surface area contributed by atoms with Crippen molar-refractivity contribution in [3.8, 4) is 0 Å². The van der Waals surface area contributed by atoms with E-state index in [-0.39, 0.29) is 11.4 Å². The molecule has 1 unspecified atom stereocenters. The highest BCUT2D eigenvalue weighted by molar-refractivity contribution is 7.89. The lowest BCUT2D eigenvalue weighted by Crippen LogP contribution is -2.29. The molecule has 1 atom stereocenters. The van der Waals surface area contributed by atoms with Gasteiger partial charge in [0, 0.05) is 13.1 Å². The van der Waals surface area contributed by atoms with Gasteiger partial charge in [-0.3, -0.25) is 5.10 Å². The summed E-state index contributed by atoms with van der Waals surface area (Å²) in [7, 11) is -3.48. The van der Waals surface area contributed by atoms with Gasteiger partial charge < -0.3 is 5.11 Å². The van der Waals surface area contributed by atoms with Crippen LogP contribution in [0.4, 0.5) is 0 Å². The van der Waals surface area contributed by atoms with Crippen molar-refractivity contribution in [2.75, 3.05) is 13.1 Å². The van der Waals surface area contributed by atoms with Crippen LogP contribution in [0.15, 0.2) is 11.1 Å². The fraction of sp³-hybridized carbons (Fsp3) is 0.625. The zero-order chi connectivity index (χ0) is 11.1. The number of aliphatic hydroxyl groups excluding tert-OH is 1. The van der Waals surface area contributed by atoms with Crippen LogP contribution < -0.4 is 0 Å².